The van der Waals surface area contributed by atoms with Gasteiger partial charge in [-0.15, -0.1) is 0 Å². The molecule has 6 nitrogen and oxygen atoms in total. The molecule has 1 aliphatic rings. The molecule has 2 unspecified atom stereocenters. The second-order valence-corrected chi connectivity index (χ2v) is 7.68. The van der Waals surface area contributed by atoms with Crippen molar-refractivity contribution in [1.82, 2.24) is 0 Å². The van der Waals surface area contributed by atoms with Crippen LogP contribution in [-0.2, 0) is 19.1 Å². The lowest BCUT2D eigenvalue weighted by atomic mass is 9.72. The number of aryl methyl sites for hydroxylation is 1. The molecule has 168 valence electrons. The number of esters is 2. The number of anilines is 1. The lowest BCUT2D eigenvalue weighted by Crippen LogP contribution is -2.33. The topological polar surface area (TPSA) is 73.9 Å². The van der Waals surface area contributed by atoms with Crippen molar-refractivity contribution < 1.29 is 23.8 Å². The molecule has 0 fully saturated rings. The molecule has 0 spiro atoms. The molecule has 0 aromatic heterocycles. The summed E-state index contributed by atoms with van der Waals surface area (Å²) in [5.41, 5.74) is 4.51. The van der Waals surface area contributed by atoms with Crippen LogP contribution in [0.2, 0.25) is 0 Å². The molecular formula is C26H29NO5. The zero-order valence-electron chi connectivity index (χ0n) is 19.1. The van der Waals surface area contributed by atoms with E-state index in [1.807, 2.05) is 75.4 Å². The Hall–Kier alpha value is -3.54. The lowest BCUT2D eigenvalue weighted by molar-refractivity contribution is -0.144. The Bertz CT molecular complexity index is 1030. The fourth-order valence-corrected chi connectivity index (χ4v) is 3.98. The highest BCUT2D eigenvalue weighted by atomic mass is 16.5. The SMILES string of the molecule is CCOc1ccc(C2C(C(=O)OC)=C(Nc3ccc(C)cc3)C=C(C)C2C(=O)OC)cc1. The third kappa shape index (κ3) is 4.85. The van der Waals surface area contributed by atoms with E-state index in [4.69, 9.17) is 14.2 Å². The highest BCUT2D eigenvalue weighted by Gasteiger charge is 2.41. The maximum atomic E-state index is 13.0. The molecule has 2 aromatic carbocycles. The number of hydrogen-bond acceptors (Lipinski definition) is 6. The Kier molecular flexibility index (Phi) is 7.36. The normalized spacial score (nSPS) is 18.0. The Morgan fingerprint density at radius 1 is 0.938 bits per heavy atom. The summed E-state index contributed by atoms with van der Waals surface area (Å²) in [6.07, 6.45) is 1.82. The van der Waals surface area contributed by atoms with Crippen molar-refractivity contribution in [3.63, 3.8) is 0 Å². The molecule has 0 aliphatic heterocycles. The minimum Gasteiger partial charge on any atom is -0.494 e. The number of ether oxygens (including phenoxy) is 3. The highest BCUT2D eigenvalue weighted by Crippen LogP contribution is 2.43. The van der Waals surface area contributed by atoms with Crippen LogP contribution in [0.3, 0.4) is 0 Å². The number of carbonyl (C=O) groups is 2. The molecule has 1 N–H and O–H groups in total. The van der Waals surface area contributed by atoms with Gasteiger partial charge in [-0.25, -0.2) is 4.79 Å². The zero-order chi connectivity index (χ0) is 23.3. The summed E-state index contributed by atoms with van der Waals surface area (Å²) >= 11 is 0. The minimum atomic E-state index is -0.657. The summed E-state index contributed by atoms with van der Waals surface area (Å²) in [7, 11) is 2.69. The van der Waals surface area contributed by atoms with E-state index < -0.39 is 23.8 Å². The Balaban J connectivity index is 2.16. The third-order valence-electron chi connectivity index (χ3n) is 5.54. The number of allylic oxidation sites excluding steroid dienone is 1. The molecule has 2 aromatic rings. The molecule has 32 heavy (non-hydrogen) atoms. The number of rotatable bonds is 7. The van der Waals surface area contributed by atoms with Crippen LogP contribution in [0.15, 0.2) is 71.5 Å². The number of benzene rings is 2. The quantitative estimate of drug-likeness (QED) is 0.632. The summed E-state index contributed by atoms with van der Waals surface area (Å²) in [4.78, 5) is 25.8. The first kappa shape index (κ1) is 23.1. The van der Waals surface area contributed by atoms with Crippen molar-refractivity contribution in [2.45, 2.75) is 26.7 Å². The van der Waals surface area contributed by atoms with Crippen molar-refractivity contribution in [3.8, 4) is 5.75 Å². The summed E-state index contributed by atoms with van der Waals surface area (Å²) in [5, 5.41) is 3.34. The molecule has 0 amide bonds. The minimum absolute atomic E-state index is 0.373. The van der Waals surface area contributed by atoms with Gasteiger partial charge in [0.05, 0.1) is 32.3 Å². The predicted molar refractivity (Wildman–Crippen MR) is 123 cm³/mol. The van der Waals surface area contributed by atoms with Gasteiger partial charge in [0.15, 0.2) is 0 Å². The van der Waals surface area contributed by atoms with E-state index >= 15 is 0 Å². The van der Waals surface area contributed by atoms with E-state index in [2.05, 4.69) is 5.32 Å². The van der Waals surface area contributed by atoms with Gasteiger partial charge in [-0.1, -0.05) is 35.4 Å². The Morgan fingerprint density at radius 3 is 2.16 bits per heavy atom. The zero-order valence-corrected chi connectivity index (χ0v) is 19.1. The van der Waals surface area contributed by atoms with Crippen molar-refractivity contribution >= 4 is 17.6 Å². The Morgan fingerprint density at radius 2 is 1.59 bits per heavy atom. The molecule has 3 rings (SSSR count). The summed E-state index contributed by atoms with van der Waals surface area (Å²) in [6.45, 7) is 6.34. The maximum Gasteiger partial charge on any atom is 0.336 e. The van der Waals surface area contributed by atoms with Crippen LogP contribution in [0.4, 0.5) is 5.69 Å². The highest BCUT2D eigenvalue weighted by molar-refractivity contribution is 5.95. The van der Waals surface area contributed by atoms with Crippen LogP contribution >= 0.6 is 0 Å². The van der Waals surface area contributed by atoms with Crippen LogP contribution in [0.25, 0.3) is 0 Å². The van der Waals surface area contributed by atoms with Gasteiger partial charge < -0.3 is 19.5 Å². The fraction of sp³-hybridized carbons (Fsp3) is 0.308. The number of nitrogens with one attached hydrogen (secondary N) is 1. The number of hydrogen-bond donors (Lipinski definition) is 1. The standard InChI is InChI=1S/C26H29NO5/c1-6-32-20-13-9-18(10-14-20)23-22(25(28)30-4)17(3)15-21(24(23)26(29)31-5)27-19-11-7-16(2)8-12-19/h7-15,22-23,27H,6H2,1-5H3. The van der Waals surface area contributed by atoms with Crippen molar-refractivity contribution in [2.75, 3.05) is 26.1 Å². The molecular weight excluding hydrogens is 406 g/mol. The monoisotopic (exact) mass is 435 g/mol. The molecule has 1 aliphatic carbocycles. The lowest BCUT2D eigenvalue weighted by Gasteiger charge is -2.33. The summed E-state index contributed by atoms with van der Waals surface area (Å²) < 4.78 is 15.8. The van der Waals surface area contributed by atoms with Gasteiger partial charge in [0, 0.05) is 17.3 Å². The first-order chi connectivity index (χ1) is 15.4. The summed E-state index contributed by atoms with van der Waals surface area (Å²) in [6, 6.07) is 15.3. The molecule has 0 saturated carbocycles. The molecule has 0 saturated heterocycles. The van der Waals surface area contributed by atoms with Crippen LogP contribution in [0, 0.1) is 12.8 Å². The molecule has 6 heteroatoms. The van der Waals surface area contributed by atoms with Crippen LogP contribution in [0.1, 0.15) is 30.9 Å². The van der Waals surface area contributed by atoms with E-state index in [-0.39, 0.29) is 0 Å². The van der Waals surface area contributed by atoms with Crippen molar-refractivity contribution in [2.24, 2.45) is 5.92 Å². The number of carbonyl (C=O) groups excluding carboxylic acids is 2. The first-order valence-electron chi connectivity index (χ1n) is 10.5. The molecule has 0 bridgehead atoms. The average molecular weight is 436 g/mol. The predicted octanol–water partition coefficient (Wildman–Crippen LogP) is 4.77. The van der Waals surface area contributed by atoms with E-state index in [0.29, 0.717) is 17.9 Å². The smallest absolute Gasteiger partial charge is 0.336 e. The van der Waals surface area contributed by atoms with E-state index in [1.165, 1.54) is 14.2 Å². The largest absolute Gasteiger partial charge is 0.494 e. The van der Waals surface area contributed by atoms with Crippen LogP contribution < -0.4 is 10.1 Å². The van der Waals surface area contributed by atoms with Gasteiger partial charge in [0.25, 0.3) is 0 Å². The van der Waals surface area contributed by atoms with Crippen LogP contribution in [-0.4, -0.2) is 32.8 Å². The third-order valence-corrected chi connectivity index (χ3v) is 5.54. The summed E-state index contributed by atoms with van der Waals surface area (Å²) in [5.74, 6) is -1.43. The molecule has 0 heterocycles. The van der Waals surface area contributed by atoms with Gasteiger partial charge in [-0.2, -0.15) is 0 Å². The first-order valence-corrected chi connectivity index (χ1v) is 10.5. The van der Waals surface area contributed by atoms with E-state index in [1.54, 1.807) is 0 Å². The van der Waals surface area contributed by atoms with Crippen molar-refractivity contribution in [3.05, 3.63) is 82.6 Å². The van der Waals surface area contributed by atoms with Gasteiger partial charge in [-0.3, -0.25) is 4.79 Å². The van der Waals surface area contributed by atoms with Gasteiger partial charge in [-0.05, 0) is 56.7 Å². The maximum absolute atomic E-state index is 13.0. The van der Waals surface area contributed by atoms with E-state index in [0.717, 1.165) is 28.1 Å². The van der Waals surface area contributed by atoms with Gasteiger partial charge in [0.1, 0.15) is 5.75 Å². The average Bonchev–Trinajstić information content (AvgIpc) is 2.80. The van der Waals surface area contributed by atoms with Gasteiger partial charge in [0.2, 0.25) is 0 Å². The molecule has 2 atom stereocenters. The fourth-order valence-electron chi connectivity index (χ4n) is 3.98. The number of methoxy groups -OCH3 is 2. The van der Waals surface area contributed by atoms with Gasteiger partial charge >= 0.3 is 11.9 Å². The Labute approximate surface area is 188 Å². The van der Waals surface area contributed by atoms with Crippen molar-refractivity contribution in [1.29, 1.82) is 0 Å². The second-order valence-electron chi connectivity index (χ2n) is 7.68. The second kappa shape index (κ2) is 10.2. The van der Waals surface area contributed by atoms with E-state index in [9.17, 15) is 9.59 Å². The molecule has 0 radical (unpaired) electrons. The van der Waals surface area contributed by atoms with Crippen LogP contribution in [0.5, 0.6) is 5.75 Å².